The van der Waals surface area contributed by atoms with E-state index in [1.807, 2.05) is 13.8 Å². The quantitative estimate of drug-likeness (QED) is 0.565. The molecule has 1 unspecified atom stereocenters. The van der Waals surface area contributed by atoms with Crippen LogP contribution in [0.15, 0.2) is 0 Å². The van der Waals surface area contributed by atoms with Crippen molar-refractivity contribution in [3.8, 4) is 0 Å². The molecular formula is C9H20O3. The fourth-order valence-corrected chi connectivity index (χ4v) is 0.903. The van der Waals surface area contributed by atoms with Crippen LogP contribution in [0.1, 0.15) is 26.7 Å². The molecule has 0 fully saturated rings. The first-order chi connectivity index (χ1) is 5.81. The standard InChI is InChI=1S/C9H20O3/c1-3-11-7-5-6-9(10)8-12-4-2/h9-10H,3-8H2,1-2H3. The van der Waals surface area contributed by atoms with Gasteiger partial charge in [-0.15, -0.1) is 0 Å². The Balaban J connectivity index is 3.02. The van der Waals surface area contributed by atoms with E-state index in [0.717, 1.165) is 26.1 Å². The Hall–Kier alpha value is -0.120. The van der Waals surface area contributed by atoms with Gasteiger partial charge < -0.3 is 14.6 Å². The third-order valence-corrected chi connectivity index (χ3v) is 1.54. The van der Waals surface area contributed by atoms with E-state index in [9.17, 15) is 5.11 Å². The van der Waals surface area contributed by atoms with Crippen LogP contribution in [-0.2, 0) is 9.47 Å². The molecular weight excluding hydrogens is 156 g/mol. The molecule has 0 aromatic heterocycles. The predicted molar refractivity (Wildman–Crippen MR) is 48.2 cm³/mol. The van der Waals surface area contributed by atoms with Gasteiger partial charge in [0.25, 0.3) is 0 Å². The zero-order valence-corrected chi connectivity index (χ0v) is 8.08. The fraction of sp³-hybridized carbons (Fsp3) is 1.00. The molecule has 3 heteroatoms. The second-order valence-electron chi connectivity index (χ2n) is 2.65. The van der Waals surface area contributed by atoms with Crippen molar-refractivity contribution in [2.75, 3.05) is 26.4 Å². The molecule has 1 N–H and O–H groups in total. The third-order valence-electron chi connectivity index (χ3n) is 1.54. The van der Waals surface area contributed by atoms with E-state index < -0.39 is 0 Å². The third kappa shape index (κ3) is 7.98. The number of aliphatic hydroxyl groups is 1. The molecule has 0 aliphatic carbocycles. The van der Waals surface area contributed by atoms with Crippen molar-refractivity contribution in [2.24, 2.45) is 0 Å². The lowest BCUT2D eigenvalue weighted by atomic mass is 10.2. The van der Waals surface area contributed by atoms with E-state index in [0.29, 0.717) is 13.2 Å². The number of ether oxygens (including phenoxy) is 2. The van der Waals surface area contributed by atoms with Crippen molar-refractivity contribution < 1.29 is 14.6 Å². The summed E-state index contributed by atoms with van der Waals surface area (Å²) < 4.78 is 10.2. The van der Waals surface area contributed by atoms with E-state index in [1.165, 1.54) is 0 Å². The van der Waals surface area contributed by atoms with Crippen molar-refractivity contribution in [3.63, 3.8) is 0 Å². The highest BCUT2D eigenvalue weighted by Gasteiger charge is 2.02. The van der Waals surface area contributed by atoms with Crippen LogP contribution in [0.5, 0.6) is 0 Å². The van der Waals surface area contributed by atoms with E-state index in [-0.39, 0.29) is 6.10 Å². The summed E-state index contributed by atoms with van der Waals surface area (Å²) in [6, 6.07) is 0. The van der Waals surface area contributed by atoms with Gasteiger partial charge in [-0.05, 0) is 26.7 Å². The van der Waals surface area contributed by atoms with Crippen LogP contribution in [0.4, 0.5) is 0 Å². The average Bonchev–Trinajstić information content (AvgIpc) is 2.09. The van der Waals surface area contributed by atoms with Crippen LogP contribution >= 0.6 is 0 Å². The zero-order valence-electron chi connectivity index (χ0n) is 8.08. The first-order valence-corrected chi connectivity index (χ1v) is 4.64. The Morgan fingerprint density at radius 3 is 2.42 bits per heavy atom. The maximum absolute atomic E-state index is 9.30. The topological polar surface area (TPSA) is 38.7 Å². The van der Waals surface area contributed by atoms with E-state index in [1.54, 1.807) is 0 Å². The number of hydrogen-bond donors (Lipinski definition) is 1. The molecule has 0 saturated carbocycles. The van der Waals surface area contributed by atoms with Crippen molar-refractivity contribution in [3.05, 3.63) is 0 Å². The summed E-state index contributed by atoms with van der Waals surface area (Å²) in [5.74, 6) is 0. The van der Waals surface area contributed by atoms with Crippen molar-refractivity contribution in [1.29, 1.82) is 0 Å². The molecule has 0 amide bonds. The molecule has 74 valence electrons. The highest BCUT2D eigenvalue weighted by Crippen LogP contribution is 1.98. The second-order valence-corrected chi connectivity index (χ2v) is 2.65. The molecule has 0 rings (SSSR count). The van der Waals surface area contributed by atoms with E-state index >= 15 is 0 Å². The summed E-state index contributed by atoms with van der Waals surface area (Å²) in [6.07, 6.45) is 1.34. The Morgan fingerprint density at radius 2 is 1.83 bits per heavy atom. The minimum absolute atomic E-state index is 0.328. The minimum atomic E-state index is -0.328. The Kier molecular flexibility index (Phi) is 8.88. The molecule has 0 radical (unpaired) electrons. The fourth-order valence-electron chi connectivity index (χ4n) is 0.903. The highest BCUT2D eigenvalue weighted by molar-refractivity contribution is 4.53. The zero-order chi connectivity index (χ0) is 9.23. The maximum atomic E-state index is 9.30. The molecule has 12 heavy (non-hydrogen) atoms. The summed E-state index contributed by atoms with van der Waals surface area (Å²) in [5, 5.41) is 9.30. The lowest BCUT2D eigenvalue weighted by Gasteiger charge is -2.09. The van der Waals surface area contributed by atoms with E-state index in [2.05, 4.69) is 0 Å². The van der Waals surface area contributed by atoms with Crippen LogP contribution in [0.3, 0.4) is 0 Å². The smallest absolute Gasteiger partial charge is 0.0774 e. The molecule has 0 aliphatic heterocycles. The highest BCUT2D eigenvalue weighted by atomic mass is 16.5. The molecule has 0 saturated heterocycles. The Labute approximate surface area is 74.7 Å². The van der Waals surface area contributed by atoms with Crippen LogP contribution in [-0.4, -0.2) is 37.6 Å². The van der Waals surface area contributed by atoms with E-state index in [4.69, 9.17) is 9.47 Å². The Bertz CT molecular complexity index is 85.8. The van der Waals surface area contributed by atoms with Gasteiger partial charge in [-0.1, -0.05) is 0 Å². The summed E-state index contributed by atoms with van der Waals surface area (Å²) in [6.45, 7) is 6.50. The summed E-state index contributed by atoms with van der Waals surface area (Å²) in [4.78, 5) is 0. The Morgan fingerprint density at radius 1 is 1.17 bits per heavy atom. The molecule has 0 spiro atoms. The van der Waals surface area contributed by atoms with Gasteiger partial charge in [-0.3, -0.25) is 0 Å². The summed E-state index contributed by atoms with van der Waals surface area (Å²) in [7, 11) is 0. The second kappa shape index (κ2) is 8.97. The first-order valence-electron chi connectivity index (χ1n) is 4.64. The molecule has 0 aromatic rings. The SMILES string of the molecule is CCOCCCC(O)COCC. The van der Waals surface area contributed by atoms with Gasteiger partial charge in [0.2, 0.25) is 0 Å². The van der Waals surface area contributed by atoms with Crippen LogP contribution in [0.25, 0.3) is 0 Å². The summed E-state index contributed by atoms with van der Waals surface area (Å²) in [5.41, 5.74) is 0. The maximum Gasteiger partial charge on any atom is 0.0774 e. The van der Waals surface area contributed by atoms with Crippen LogP contribution in [0, 0.1) is 0 Å². The summed E-state index contributed by atoms with van der Waals surface area (Å²) >= 11 is 0. The minimum Gasteiger partial charge on any atom is -0.391 e. The van der Waals surface area contributed by atoms with Crippen LogP contribution in [0.2, 0.25) is 0 Å². The molecule has 0 heterocycles. The van der Waals surface area contributed by atoms with Gasteiger partial charge >= 0.3 is 0 Å². The lowest BCUT2D eigenvalue weighted by molar-refractivity contribution is 0.0314. The van der Waals surface area contributed by atoms with Gasteiger partial charge in [-0.2, -0.15) is 0 Å². The monoisotopic (exact) mass is 176 g/mol. The van der Waals surface area contributed by atoms with Crippen molar-refractivity contribution in [1.82, 2.24) is 0 Å². The van der Waals surface area contributed by atoms with Gasteiger partial charge in [0, 0.05) is 19.8 Å². The lowest BCUT2D eigenvalue weighted by Crippen LogP contribution is -2.15. The van der Waals surface area contributed by atoms with Gasteiger partial charge in [0.1, 0.15) is 0 Å². The van der Waals surface area contributed by atoms with Crippen molar-refractivity contribution in [2.45, 2.75) is 32.8 Å². The normalized spacial score (nSPS) is 13.2. The van der Waals surface area contributed by atoms with Gasteiger partial charge in [0.15, 0.2) is 0 Å². The molecule has 0 aliphatic rings. The molecule has 3 nitrogen and oxygen atoms in total. The van der Waals surface area contributed by atoms with Crippen molar-refractivity contribution >= 4 is 0 Å². The first kappa shape index (κ1) is 11.9. The van der Waals surface area contributed by atoms with Gasteiger partial charge in [-0.25, -0.2) is 0 Å². The number of rotatable bonds is 8. The molecule has 0 aromatic carbocycles. The van der Waals surface area contributed by atoms with Crippen LogP contribution < -0.4 is 0 Å². The average molecular weight is 176 g/mol. The number of aliphatic hydroxyl groups excluding tert-OH is 1. The molecule has 1 atom stereocenters. The predicted octanol–water partition coefficient (Wildman–Crippen LogP) is 1.20. The largest absolute Gasteiger partial charge is 0.391 e. The molecule has 0 bridgehead atoms. The number of hydrogen-bond acceptors (Lipinski definition) is 3. The van der Waals surface area contributed by atoms with Gasteiger partial charge in [0.05, 0.1) is 12.7 Å².